The molecule has 21 heavy (non-hydrogen) atoms. The molecule has 0 bridgehead atoms. The van der Waals surface area contributed by atoms with Gasteiger partial charge in [-0.3, -0.25) is 5.43 Å². The van der Waals surface area contributed by atoms with Crippen LogP contribution in [0.25, 0.3) is 0 Å². The third-order valence-electron chi connectivity index (χ3n) is 3.31. The van der Waals surface area contributed by atoms with E-state index in [2.05, 4.69) is 10.7 Å². The number of aliphatic hydroxyl groups excluding tert-OH is 1. The molecule has 1 fully saturated rings. The zero-order valence-electron chi connectivity index (χ0n) is 11.2. The van der Waals surface area contributed by atoms with Gasteiger partial charge in [-0.05, 0) is 25.0 Å². The molecule has 1 aliphatic heterocycles. The Labute approximate surface area is 119 Å². The van der Waals surface area contributed by atoms with Crippen LogP contribution in [0.2, 0.25) is 0 Å². The number of carbonyl (C=O) groups is 1. The highest BCUT2D eigenvalue weighted by atomic mass is 19.4. The number of nitrogens with one attached hydrogen (secondary N) is 2. The van der Waals surface area contributed by atoms with E-state index in [0.29, 0.717) is 6.54 Å². The largest absolute Gasteiger partial charge is 0.418 e. The average Bonchev–Trinajstić information content (AvgIpc) is 2.85. The van der Waals surface area contributed by atoms with Crippen molar-refractivity contribution in [2.75, 3.05) is 18.5 Å². The third kappa shape index (κ3) is 3.85. The fourth-order valence-electron chi connectivity index (χ4n) is 2.29. The van der Waals surface area contributed by atoms with Gasteiger partial charge in [0.1, 0.15) is 0 Å². The summed E-state index contributed by atoms with van der Waals surface area (Å²) in [5.41, 5.74) is 1.26. The smallest absolute Gasteiger partial charge is 0.395 e. The Bertz CT molecular complexity index is 508. The maximum atomic E-state index is 12.8. The number of aliphatic hydroxyl groups is 1. The van der Waals surface area contributed by atoms with Gasteiger partial charge in [-0.25, -0.2) is 9.80 Å². The van der Waals surface area contributed by atoms with Gasteiger partial charge < -0.3 is 10.4 Å². The lowest BCUT2D eigenvalue weighted by Crippen LogP contribution is -2.48. The lowest BCUT2D eigenvalue weighted by Gasteiger charge is -2.24. The standard InChI is InChI=1S/C13H16F3N3O2/c14-13(15,16)10-5-1-2-6-11(10)17-12(21)18-19-7-3-4-9(19)8-20/h1-2,5-6,9,20H,3-4,7-8H2,(H2,17,18,21)/t9-/m1/s1. The van der Waals surface area contributed by atoms with E-state index in [1.807, 2.05) is 0 Å². The summed E-state index contributed by atoms with van der Waals surface area (Å²) < 4.78 is 38.4. The Balaban J connectivity index is 2.03. The van der Waals surface area contributed by atoms with Gasteiger partial charge in [0.15, 0.2) is 0 Å². The second-order valence-electron chi connectivity index (χ2n) is 4.78. The quantitative estimate of drug-likeness (QED) is 0.802. The van der Waals surface area contributed by atoms with Crippen molar-refractivity contribution in [2.45, 2.75) is 25.1 Å². The molecule has 0 radical (unpaired) electrons. The number of rotatable bonds is 3. The summed E-state index contributed by atoms with van der Waals surface area (Å²) in [6.45, 7) is 0.443. The van der Waals surface area contributed by atoms with Crippen molar-refractivity contribution in [3.63, 3.8) is 0 Å². The Hall–Kier alpha value is -1.80. The van der Waals surface area contributed by atoms with Gasteiger partial charge in [0.05, 0.1) is 23.9 Å². The molecule has 116 valence electrons. The van der Waals surface area contributed by atoms with Gasteiger partial charge in [0, 0.05) is 6.54 Å². The van der Waals surface area contributed by atoms with Gasteiger partial charge in [0.2, 0.25) is 0 Å². The lowest BCUT2D eigenvalue weighted by molar-refractivity contribution is -0.136. The first-order valence-electron chi connectivity index (χ1n) is 6.53. The molecule has 0 aromatic heterocycles. The number of hydrogen-bond acceptors (Lipinski definition) is 3. The minimum Gasteiger partial charge on any atom is -0.395 e. The fraction of sp³-hybridized carbons (Fsp3) is 0.462. The Morgan fingerprint density at radius 1 is 1.38 bits per heavy atom. The molecular weight excluding hydrogens is 287 g/mol. The van der Waals surface area contributed by atoms with Gasteiger partial charge in [-0.15, -0.1) is 0 Å². The molecule has 1 saturated heterocycles. The molecule has 5 nitrogen and oxygen atoms in total. The normalized spacial score (nSPS) is 19.5. The Kier molecular flexibility index (Phi) is 4.69. The topological polar surface area (TPSA) is 64.6 Å². The molecule has 1 atom stereocenters. The highest BCUT2D eigenvalue weighted by molar-refractivity contribution is 5.89. The van der Waals surface area contributed by atoms with Crippen LogP contribution in [-0.4, -0.2) is 35.3 Å². The first-order valence-corrected chi connectivity index (χ1v) is 6.53. The first-order chi connectivity index (χ1) is 9.91. The fourth-order valence-corrected chi connectivity index (χ4v) is 2.29. The summed E-state index contributed by atoms with van der Waals surface area (Å²) in [5, 5.41) is 12.9. The summed E-state index contributed by atoms with van der Waals surface area (Å²) >= 11 is 0. The molecule has 1 aromatic rings. The van der Waals surface area contributed by atoms with Crippen LogP contribution >= 0.6 is 0 Å². The van der Waals surface area contributed by atoms with Crippen LogP contribution in [0, 0.1) is 0 Å². The van der Waals surface area contributed by atoms with Gasteiger partial charge in [0.25, 0.3) is 0 Å². The predicted octanol–water partition coefficient (Wildman–Crippen LogP) is 2.20. The Morgan fingerprint density at radius 2 is 2.10 bits per heavy atom. The number of amides is 2. The number of benzene rings is 1. The van der Waals surface area contributed by atoms with E-state index in [1.54, 1.807) is 0 Å². The second kappa shape index (κ2) is 6.31. The summed E-state index contributed by atoms with van der Waals surface area (Å²) in [6.07, 6.45) is -2.99. The zero-order chi connectivity index (χ0) is 15.5. The van der Waals surface area contributed by atoms with Gasteiger partial charge in [-0.2, -0.15) is 13.2 Å². The number of carbonyl (C=O) groups excluding carboxylic acids is 1. The van der Waals surface area contributed by atoms with E-state index in [1.165, 1.54) is 23.2 Å². The SMILES string of the molecule is O=C(Nc1ccccc1C(F)(F)F)NN1CCC[C@@H]1CO. The number of urea groups is 1. The van der Waals surface area contributed by atoms with Crippen molar-refractivity contribution in [3.8, 4) is 0 Å². The first kappa shape index (κ1) is 15.6. The van der Waals surface area contributed by atoms with Crippen molar-refractivity contribution in [2.24, 2.45) is 0 Å². The summed E-state index contributed by atoms with van der Waals surface area (Å²) in [7, 11) is 0. The van der Waals surface area contributed by atoms with Crippen LogP contribution in [0.5, 0.6) is 0 Å². The van der Waals surface area contributed by atoms with E-state index < -0.39 is 17.8 Å². The van der Waals surface area contributed by atoms with E-state index >= 15 is 0 Å². The van der Waals surface area contributed by atoms with Crippen LogP contribution in [0.15, 0.2) is 24.3 Å². The molecule has 0 unspecified atom stereocenters. The van der Waals surface area contributed by atoms with Crippen molar-refractivity contribution in [3.05, 3.63) is 29.8 Å². The number of alkyl halides is 3. The van der Waals surface area contributed by atoms with E-state index in [4.69, 9.17) is 5.11 Å². The molecule has 0 saturated carbocycles. The van der Waals surface area contributed by atoms with Gasteiger partial charge >= 0.3 is 12.2 Å². The van der Waals surface area contributed by atoms with Gasteiger partial charge in [-0.1, -0.05) is 12.1 Å². The van der Waals surface area contributed by atoms with Crippen molar-refractivity contribution in [1.29, 1.82) is 0 Å². The number of hydrogen-bond donors (Lipinski definition) is 3. The second-order valence-corrected chi connectivity index (χ2v) is 4.78. The molecule has 8 heteroatoms. The van der Waals surface area contributed by atoms with E-state index in [9.17, 15) is 18.0 Å². The molecule has 1 aromatic carbocycles. The van der Waals surface area contributed by atoms with Crippen LogP contribution < -0.4 is 10.7 Å². The maximum absolute atomic E-state index is 12.8. The van der Waals surface area contributed by atoms with Crippen LogP contribution in [-0.2, 0) is 6.18 Å². The van der Waals surface area contributed by atoms with E-state index in [-0.39, 0.29) is 18.3 Å². The molecule has 0 spiro atoms. The zero-order valence-corrected chi connectivity index (χ0v) is 11.2. The molecule has 2 rings (SSSR count). The van der Waals surface area contributed by atoms with Crippen molar-refractivity contribution < 1.29 is 23.1 Å². The summed E-state index contributed by atoms with van der Waals surface area (Å²) in [6, 6.07) is 3.81. The minimum atomic E-state index is -4.54. The number of anilines is 1. The molecule has 1 aliphatic rings. The maximum Gasteiger partial charge on any atom is 0.418 e. The number of para-hydroxylation sites is 1. The monoisotopic (exact) mass is 303 g/mol. The Morgan fingerprint density at radius 3 is 2.76 bits per heavy atom. The van der Waals surface area contributed by atoms with Crippen LogP contribution in [0.1, 0.15) is 18.4 Å². The average molecular weight is 303 g/mol. The number of halogens is 3. The summed E-state index contributed by atoms with van der Waals surface area (Å²) in [4.78, 5) is 11.8. The van der Waals surface area contributed by atoms with Crippen LogP contribution in [0.4, 0.5) is 23.7 Å². The highest BCUT2D eigenvalue weighted by Crippen LogP contribution is 2.34. The predicted molar refractivity (Wildman–Crippen MR) is 70.4 cm³/mol. The molecule has 3 N–H and O–H groups in total. The number of hydrazine groups is 1. The van der Waals surface area contributed by atoms with Crippen molar-refractivity contribution >= 4 is 11.7 Å². The molecule has 1 heterocycles. The molecule has 2 amide bonds. The third-order valence-corrected chi connectivity index (χ3v) is 3.31. The molecular formula is C13H16F3N3O2. The summed E-state index contributed by atoms with van der Waals surface area (Å²) in [5.74, 6) is 0. The van der Waals surface area contributed by atoms with Crippen LogP contribution in [0.3, 0.4) is 0 Å². The minimum absolute atomic E-state index is 0.112. The number of nitrogens with zero attached hydrogens (tertiary/aromatic N) is 1. The van der Waals surface area contributed by atoms with E-state index in [0.717, 1.165) is 18.9 Å². The van der Waals surface area contributed by atoms with Crippen molar-refractivity contribution in [1.82, 2.24) is 10.4 Å². The lowest BCUT2D eigenvalue weighted by atomic mass is 10.1. The highest BCUT2D eigenvalue weighted by Gasteiger charge is 2.34. The molecule has 0 aliphatic carbocycles.